The van der Waals surface area contributed by atoms with Crippen LogP contribution in [-0.2, 0) is 28.7 Å². The number of halogens is 1. The Kier molecular flexibility index (Phi) is 10.8. The number of hydrogen-bond donors (Lipinski definition) is 2. The molecule has 1 spiro atoms. The van der Waals surface area contributed by atoms with Gasteiger partial charge in [0.25, 0.3) is 0 Å². The zero-order chi connectivity index (χ0) is 28.9. The highest BCUT2D eigenvalue weighted by Gasteiger charge is 2.77. The van der Waals surface area contributed by atoms with E-state index in [0.717, 1.165) is 12.8 Å². The first-order valence-electron chi connectivity index (χ1n) is 13.8. The Hall–Kier alpha value is -2.24. The summed E-state index contributed by atoms with van der Waals surface area (Å²) in [6.45, 7) is 13.4. The second kappa shape index (κ2) is 13.4. The Morgan fingerprint density at radius 2 is 2.05 bits per heavy atom. The molecule has 0 saturated carbocycles. The fourth-order valence-electron chi connectivity index (χ4n) is 6.05. The van der Waals surface area contributed by atoms with Crippen LogP contribution in [-0.4, -0.2) is 99.6 Å². The standard InChI is InChI=1S/C28H42BrN3O7/c1-6-9-11-20(34)30-15-18(5)38-27(37)21-22-25(35)32(17(4)16-33)24(28(22)14-19(29)23(21)39-28)26(36)31(12-8-3)13-10-7-2/h6,8,17-19,21-24,33H,1,3,7,9-16H2,2,4-5H3,(H,30,34)/t17-,18+,19?,21+,22-,23+,24+,28-/m1/s1. The Labute approximate surface area is 239 Å². The minimum absolute atomic E-state index is 0.129. The molecule has 2 bridgehead atoms. The molecule has 0 aromatic heterocycles. The van der Waals surface area contributed by atoms with Crippen molar-refractivity contribution in [3.05, 3.63) is 25.3 Å². The molecule has 2 N–H and O–H groups in total. The van der Waals surface area contributed by atoms with E-state index in [1.54, 1.807) is 30.9 Å². The monoisotopic (exact) mass is 611 g/mol. The van der Waals surface area contributed by atoms with Crippen molar-refractivity contribution in [3.63, 3.8) is 0 Å². The smallest absolute Gasteiger partial charge is 0.312 e. The lowest BCUT2D eigenvalue weighted by Crippen LogP contribution is -2.58. The maximum absolute atomic E-state index is 14.1. The third-order valence-electron chi connectivity index (χ3n) is 7.89. The first kappa shape index (κ1) is 31.3. The number of alkyl halides is 1. The molecular weight excluding hydrogens is 570 g/mol. The number of allylic oxidation sites excluding steroid dienone is 1. The molecule has 3 rings (SSSR count). The van der Waals surface area contributed by atoms with Crippen LogP contribution in [0.2, 0.25) is 0 Å². The van der Waals surface area contributed by atoms with E-state index < -0.39 is 53.6 Å². The van der Waals surface area contributed by atoms with Gasteiger partial charge in [-0.1, -0.05) is 41.4 Å². The van der Waals surface area contributed by atoms with Crippen LogP contribution in [0, 0.1) is 11.8 Å². The second-order valence-corrected chi connectivity index (χ2v) is 11.9. The first-order valence-corrected chi connectivity index (χ1v) is 14.7. The van der Waals surface area contributed by atoms with Gasteiger partial charge in [0.2, 0.25) is 17.7 Å². The van der Waals surface area contributed by atoms with Crippen molar-refractivity contribution in [1.29, 1.82) is 0 Å². The second-order valence-electron chi connectivity index (χ2n) is 10.7. The summed E-state index contributed by atoms with van der Waals surface area (Å²) in [5, 5.41) is 12.8. The number of fused-ring (bicyclic) bond motifs is 1. The number of ether oxygens (including phenoxy) is 2. The van der Waals surface area contributed by atoms with Crippen LogP contribution in [0.5, 0.6) is 0 Å². The van der Waals surface area contributed by atoms with E-state index in [1.807, 2.05) is 6.92 Å². The molecule has 0 aliphatic carbocycles. The predicted octanol–water partition coefficient (Wildman–Crippen LogP) is 1.94. The molecule has 8 atom stereocenters. The maximum Gasteiger partial charge on any atom is 0.312 e. The van der Waals surface area contributed by atoms with Crippen LogP contribution in [0.1, 0.15) is 52.9 Å². The van der Waals surface area contributed by atoms with Crippen molar-refractivity contribution in [3.8, 4) is 0 Å². The average molecular weight is 613 g/mol. The topological polar surface area (TPSA) is 125 Å². The molecule has 0 aromatic rings. The summed E-state index contributed by atoms with van der Waals surface area (Å²) in [5.41, 5.74) is -1.23. The number of unbranched alkanes of at least 4 members (excludes halogenated alkanes) is 1. The van der Waals surface area contributed by atoms with Crippen molar-refractivity contribution in [2.75, 3.05) is 26.2 Å². The fourth-order valence-corrected chi connectivity index (χ4v) is 6.99. The van der Waals surface area contributed by atoms with Gasteiger partial charge in [-0.3, -0.25) is 19.2 Å². The maximum atomic E-state index is 14.1. The molecule has 3 aliphatic rings. The number of amides is 3. The van der Waals surface area contributed by atoms with Crippen molar-refractivity contribution in [1.82, 2.24) is 15.1 Å². The van der Waals surface area contributed by atoms with Gasteiger partial charge in [-0.2, -0.15) is 0 Å². The van der Waals surface area contributed by atoms with Gasteiger partial charge in [0, 0.05) is 24.3 Å². The predicted molar refractivity (Wildman–Crippen MR) is 149 cm³/mol. The van der Waals surface area contributed by atoms with Crippen molar-refractivity contribution in [2.45, 2.75) is 87.6 Å². The third-order valence-corrected chi connectivity index (χ3v) is 8.74. The third kappa shape index (κ3) is 6.10. The summed E-state index contributed by atoms with van der Waals surface area (Å²) in [7, 11) is 0. The summed E-state index contributed by atoms with van der Waals surface area (Å²) < 4.78 is 12.2. The van der Waals surface area contributed by atoms with Crippen molar-refractivity contribution in [2.24, 2.45) is 11.8 Å². The molecule has 11 heteroatoms. The van der Waals surface area contributed by atoms with Gasteiger partial charge in [-0.25, -0.2) is 0 Å². The first-order chi connectivity index (χ1) is 18.6. The zero-order valence-corrected chi connectivity index (χ0v) is 24.7. The molecule has 218 valence electrons. The lowest BCUT2D eigenvalue weighted by atomic mass is 9.70. The molecule has 3 fully saturated rings. The highest BCUT2D eigenvalue weighted by atomic mass is 79.9. The average Bonchev–Trinajstić information content (AvgIpc) is 3.51. The summed E-state index contributed by atoms with van der Waals surface area (Å²) >= 11 is 3.64. The number of hydrogen-bond acceptors (Lipinski definition) is 7. The summed E-state index contributed by atoms with van der Waals surface area (Å²) in [6.07, 6.45) is 4.91. The molecule has 1 unspecified atom stereocenters. The number of rotatable bonds is 15. The summed E-state index contributed by atoms with van der Waals surface area (Å²) in [5.74, 6) is -3.28. The number of carbonyl (C=O) groups excluding carboxylic acids is 4. The van der Waals surface area contributed by atoms with Crippen LogP contribution >= 0.6 is 15.9 Å². The molecule has 10 nitrogen and oxygen atoms in total. The quantitative estimate of drug-likeness (QED) is 0.165. The van der Waals surface area contributed by atoms with Crippen LogP contribution in [0.15, 0.2) is 25.3 Å². The molecule has 3 saturated heterocycles. The van der Waals surface area contributed by atoms with Crippen molar-refractivity contribution >= 4 is 39.6 Å². The lowest BCUT2D eigenvalue weighted by molar-refractivity contribution is -0.160. The number of carbonyl (C=O) groups is 4. The van der Waals surface area contributed by atoms with Crippen LogP contribution < -0.4 is 5.32 Å². The van der Waals surface area contributed by atoms with Gasteiger partial charge in [0.05, 0.1) is 37.1 Å². The largest absolute Gasteiger partial charge is 0.460 e. The Balaban J connectivity index is 1.88. The number of nitrogens with zero attached hydrogens (tertiary/aromatic N) is 2. The number of aliphatic hydroxyl groups is 1. The molecule has 0 aromatic carbocycles. The van der Waals surface area contributed by atoms with Gasteiger partial charge in [-0.05, 0) is 33.1 Å². The van der Waals surface area contributed by atoms with Gasteiger partial charge >= 0.3 is 5.97 Å². The fraction of sp³-hybridized carbons (Fsp3) is 0.714. The number of likely N-dealkylation sites (tertiary alicyclic amines) is 1. The highest BCUT2D eigenvalue weighted by Crippen LogP contribution is 2.60. The minimum Gasteiger partial charge on any atom is -0.460 e. The SMILES string of the molecule is C=CCCC(=O)NC[C@H](C)OC(=O)[C@@H]1[C@H]2O[C@@]3(CC2Br)[C@H](C(=O)N(CC=C)CCCC)N([C@H](C)CO)C(=O)[C@@H]13. The molecular formula is C28H42BrN3O7. The van der Waals surface area contributed by atoms with E-state index in [1.165, 1.54) is 4.90 Å². The Bertz CT molecular complexity index is 961. The van der Waals surface area contributed by atoms with Crippen LogP contribution in [0.25, 0.3) is 0 Å². The molecule has 3 heterocycles. The van der Waals surface area contributed by atoms with E-state index in [2.05, 4.69) is 34.4 Å². The van der Waals surface area contributed by atoms with E-state index in [-0.39, 0.29) is 29.8 Å². The summed E-state index contributed by atoms with van der Waals surface area (Å²) in [6, 6.07) is -1.64. The number of esters is 1. The van der Waals surface area contributed by atoms with E-state index in [9.17, 15) is 24.3 Å². The van der Waals surface area contributed by atoms with E-state index >= 15 is 0 Å². The van der Waals surface area contributed by atoms with Gasteiger partial charge in [0.1, 0.15) is 17.7 Å². The van der Waals surface area contributed by atoms with Gasteiger partial charge in [0.15, 0.2) is 0 Å². The summed E-state index contributed by atoms with van der Waals surface area (Å²) in [4.78, 5) is 56.3. The minimum atomic E-state index is -1.23. The lowest BCUT2D eigenvalue weighted by Gasteiger charge is -2.38. The van der Waals surface area contributed by atoms with Gasteiger partial charge in [-0.15, -0.1) is 13.2 Å². The number of nitrogens with one attached hydrogen (secondary N) is 1. The van der Waals surface area contributed by atoms with E-state index in [4.69, 9.17) is 9.47 Å². The van der Waals surface area contributed by atoms with Gasteiger partial charge < -0.3 is 29.7 Å². The zero-order valence-electron chi connectivity index (χ0n) is 23.1. The van der Waals surface area contributed by atoms with Crippen molar-refractivity contribution < 1.29 is 33.8 Å². The molecule has 3 amide bonds. The Morgan fingerprint density at radius 1 is 1.33 bits per heavy atom. The highest BCUT2D eigenvalue weighted by molar-refractivity contribution is 9.09. The molecule has 3 aliphatic heterocycles. The molecule has 0 radical (unpaired) electrons. The van der Waals surface area contributed by atoms with E-state index in [0.29, 0.717) is 32.4 Å². The number of aliphatic hydroxyl groups excluding tert-OH is 1. The van der Waals surface area contributed by atoms with Crippen LogP contribution in [0.3, 0.4) is 0 Å². The van der Waals surface area contributed by atoms with Crippen LogP contribution in [0.4, 0.5) is 0 Å². The Morgan fingerprint density at radius 3 is 2.67 bits per heavy atom. The normalized spacial score (nSPS) is 30.4. The molecule has 39 heavy (non-hydrogen) atoms.